The number of esters is 1. The number of carbonyl (C=O) groups excluding carboxylic acids is 1. The summed E-state index contributed by atoms with van der Waals surface area (Å²) in [4.78, 5) is 10.9. The first kappa shape index (κ1) is 19.6. The number of hydrogen-bond donors (Lipinski definition) is 0. The van der Waals surface area contributed by atoms with E-state index in [-0.39, 0.29) is 5.97 Å². The smallest absolute Gasteiger partial charge is 0.305 e. The third-order valence-electron chi connectivity index (χ3n) is 3.21. The fourth-order valence-corrected chi connectivity index (χ4v) is 1.94. The molecule has 2 nitrogen and oxygen atoms in total. The summed E-state index contributed by atoms with van der Waals surface area (Å²) in [6.07, 6.45) is 12.7. The van der Waals surface area contributed by atoms with Gasteiger partial charge in [-0.1, -0.05) is 50.9 Å². The van der Waals surface area contributed by atoms with E-state index in [0.29, 0.717) is 6.42 Å². The zero-order valence-electron chi connectivity index (χ0n) is 13.8. The van der Waals surface area contributed by atoms with Crippen molar-refractivity contribution in [2.45, 2.75) is 84.0 Å². The molecule has 0 aromatic rings. The summed E-state index contributed by atoms with van der Waals surface area (Å²) < 4.78 is 4.61. The molecule has 0 N–H and O–H groups in total. The number of methoxy groups -OCH3 is 1. The summed E-state index contributed by atoms with van der Waals surface area (Å²) in [5.74, 6) is 12.4. The van der Waals surface area contributed by atoms with Gasteiger partial charge in [0.2, 0.25) is 0 Å². The van der Waals surface area contributed by atoms with Gasteiger partial charge in [-0.3, -0.25) is 4.79 Å². The summed E-state index contributed by atoms with van der Waals surface area (Å²) >= 11 is 0. The monoisotopic (exact) mass is 290 g/mol. The Kier molecular flexibility index (Phi) is 15.5. The third kappa shape index (κ3) is 16.5. The highest BCUT2D eigenvalue weighted by Gasteiger charge is 1.98. The molecule has 0 aromatic carbocycles. The fourth-order valence-electron chi connectivity index (χ4n) is 1.94. The molecule has 0 bridgehead atoms. The van der Waals surface area contributed by atoms with E-state index in [2.05, 4.69) is 35.3 Å². The summed E-state index contributed by atoms with van der Waals surface area (Å²) in [6, 6.07) is 0. The molecule has 21 heavy (non-hydrogen) atoms. The van der Waals surface area contributed by atoms with Crippen LogP contribution in [0.2, 0.25) is 0 Å². The minimum absolute atomic E-state index is 0.0899. The minimum atomic E-state index is -0.0899. The van der Waals surface area contributed by atoms with E-state index in [1.807, 2.05) is 0 Å². The molecule has 2 heteroatoms. The lowest BCUT2D eigenvalue weighted by atomic mass is 10.1. The quantitative estimate of drug-likeness (QED) is 0.326. The highest BCUT2D eigenvalue weighted by Crippen LogP contribution is 2.09. The van der Waals surface area contributed by atoms with Gasteiger partial charge < -0.3 is 4.74 Å². The molecule has 0 heterocycles. The van der Waals surface area contributed by atoms with Gasteiger partial charge in [-0.05, 0) is 19.3 Å². The van der Waals surface area contributed by atoms with Crippen LogP contribution in [-0.4, -0.2) is 13.1 Å². The molecule has 0 aliphatic rings. The van der Waals surface area contributed by atoms with Gasteiger partial charge in [0.1, 0.15) is 0 Å². The van der Waals surface area contributed by atoms with E-state index in [1.54, 1.807) is 0 Å². The zero-order chi connectivity index (χ0) is 15.6. The maximum Gasteiger partial charge on any atom is 0.305 e. The number of unbranched alkanes of at least 4 members (excludes halogenated alkanes) is 8. The number of carbonyl (C=O) groups is 1. The summed E-state index contributed by atoms with van der Waals surface area (Å²) in [5.41, 5.74) is 0. The van der Waals surface area contributed by atoms with Crippen LogP contribution >= 0.6 is 0 Å². The molecule has 0 aliphatic heterocycles. The third-order valence-corrected chi connectivity index (χ3v) is 3.21. The second-order valence-electron chi connectivity index (χ2n) is 5.18. The van der Waals surface area contributed by atoms with Gasteiger partial charge in [0, 0.05) is 19.3 Å². The van der Waals surface area contributed by atoms with Crippen molar-refractivity contribution in [3.63, 3.8) is 0 Å². The fraction of sp³-hybridized carbons (Fsp3) is 0.737. The Balaban J connectivity index is 3.21. The number of rotatable bonds is 10. The average molecular weight is 290 g/mol. The van der Waals surface area contributed by atoms with E-state index < -0.39 is 0 Å². The van der Waals surface area contributed by atoms with Crippen LogP contribution in [0.4, 0.5) is 0 Å². The van der Waals surface area contributed by atoms with Crippen molar-refractivity contribution in [1.29, 1.82) is 0 Å². The van der Waals surface area contributed by atoms with Gasteiger partial charge in [0.25, 0.3) is 0 Å². The molecule has 0 radical (unpaired) electrons. The number of ether oxygens (including phenoxy) is 1. The second kappa shape index (κ2) is 16.6. The van der Waals surface area contributed by atoms with E-state index in [4.69, 9.17) is 0 Å². The topological polar surface area (TPSA) is 26.3 Å². The molecule has 0 saturated heterocycles. The maximum absolute atomic E-state index is 10.9. The molecule has 0 fully saturated rings. The molecular formula is C19H30O2. The predicted molar refractivity (Wildman–Crippen MR) is 88.6 cm³/mol. The molecule has 0 unspecified atom stereocenters. The highest BCUT2D eigenvalue weighted by atomic mass is 16.5. The lowest BCUT2D eigenvalue weighted by Crippen LogP contribution is -1.99. The molecule has 0 amide bonds. The Bertz CT molecular complexity index is 362. The van der Waals surface area contributed by atoms with Gasteiger partial charge in [0.15, 0.2) is 0 Å². The Morgan fingerprint density at radius 2 is 1.38 bits per heavy atom. The van der Waals surface area contributed by atoms with Gasteiger partial charge >= 0.3 is 5.97 Å². The standard InChI is InChI=1S/C19H30O2/c1-3-4-5-6-7-8-9-10-11-12-13-14-15-16-17-18-19(20)21-2/h3-4,7,10-18H2,1-2H3. The Morgan fingerprint density at radius 3 is 2.00 bits per heavy atom. The first-order chi connectivity index (χ1) is 10.3. The molecule has 0 aromatic heterocycles. The summed E-state index contributed by atoms with van der Waals surface area (Å²) in [7, 11) is 1.45. The van der Waals surface area contributed by atoms with Gasteiger partial charge in [0.05, 0.1) is 13.5 Å². The Hall–Kier alpha value is -1.41. The second-order valence-corrected chi connectivity index (χ2v) is 5.18. The lowest BCUT2D eigenvalue weighted by molar-refractivity contribution is -0.140. The lowest BCUT2D eigenvalue weighted by Gasteiger charge is -2.00. The Labute approximate surface area is 131 Å². The van der Waals surface area contributed by atoms with Crippen molar-refractivity contribution in [3.05, 3.63) is 0 Å². The average Bonchev–Trinajstić information content (AvgIpc) is 2.50. The molecular weight excluding hydrogens is 260 g/mol. The van der Waals surface area contributed by atoms with Crippen LogP contribution in [0.3, 0.4) is 0 Å². The SMILES string of the molecule is CCCC#CCC#CCCCCCCCCCC(=O)OC. The normalized spacial score (nSPS) is 9.24. The minimum Gasteiger partial charge on any atom is -0.469 e. The van der Waals surface area contributed by atoms with E-state index in [0.717, 1.165) is 38.5 Å². The van der Waals surface area contributed by atoms with Gasteiger partial charge in [-0.2, -0.15) is 0 Å². The van der Waals surface area contributed by atoms with Crippen molar-refractivity contribution < 1.29 is 9.53 Å². The van der Waals surface area contributed by atoms with Crippen molar-refractivity contribution in [2.75, 3.05) is 7.11 Å². The predicted octanol–water partition coefficient (Wildman–Crippen LogP) is 4.87. The molecule has 118 valence electrons. The van der Waals surface area contributed by atoms with Crippen molar-refractivity contribution in [3.8, 4) is 23.7 Å². The molecule has 0 aliphatic carbocycles. The molecule has 0 saturated carbocycles. The van der Waals surface area contributed by atoms with Crippen LogP contribution in [0.1, 0.15) is 84.0 Å². The maximum atomic E-state index is 10.9. The van der Waals surface area contributed by atoms with Crippen LogP contribution in [0.5, 0.6) is 0 Å². The largest absolute Gasteiger partial charge is 0.469 e. The van der Waals surface area contributed by atoms with Crippen LogP contribution in [0.15, 0.2) is 0 Å². The van der Waals surface area contributed by atoms with E-state index in [1.165, 1.54) is 39.2 Å². The summed E-state index contributed by atoms with van der Waals surface area (Å²) in [6.45, 7) is 2.14. The Morgan fingerprint density at radius 1 is 0.810 bits per heavy atom. The molecule has 0 rings (SSSR count). The van der Waals surface area contributed by atoms with Crippen LogP contribution in [-0.2, 0) is 9.53 Å². The molecule has 0 spiro atoms. The van der Waals surface area contributed by atoms with Crippen molar-refractivity contribution in [2.24, 2.45) is 0 Å². The van der Waals surface area contributed by atoms with Crippen molar-refractivity contribution in [1.82, 2.24) is 0 Å². The van der Waals surface area contributed by atoms with Gasteiger partial charge in [-0.15, -0.1) is 11.8 Å². The zero-order valence-corrected chi connectivity index (χ0v) is 13.8. The van der Waals surface area contributed by atoms with Crippen molar-refractivity contribution >= 4 is 5.97 Å². The van der Waals surface area contributed by atoms with Crippen LogP contribution in [0.25, 0.3) is 0 Å². The first-order valence-corrected chi connectivity index (χ1v) is 8.29. The number of hydrogen-bond acceptors (Lipinski definition) is 2. The van der Waals surface area contributed by atoms with Crippen LogP contribution in [0, 0.1) is 23.7 Å². The van der Waals surface area contributed by atoms with E-state index >= 15 is 0 Å². The van der Waals surface area contributed by atoms with Crippen LogP contribution < -0.4 is 0 Å². The van der Waals surface area contributed by atoms with E-state index in [9.17, 15) is 4.79 Å². The summed E-state index contributed by atoms with van der Waals surface area (Å²) in [5, 5.41) is 0. The first-order valence-electron chi connectivity index (χ1n) is 8.29. The highest BCUT2D eigenvalue weighted by molar-refractivity contribution is 5.68. The molecule has 0 atom stereocenters. The van der Waals surface area contributed by atoms with Gasteiger partial charge in [-0.25, -0.2) is 0 Å².